The number of likely N-dealkylation sites (tertiary alicyclic amines) is 1. The van der Waals surface area contributed by atoms with E-state index < -0.39 is 0 Å². The molecule has 82 valence electrons. The van der Waals surface area contributed by atoms with Crippen LogP contribution in [0.15, 0.2) is 0 Å². The average molecular weight is 198 g/mol. The van der Waals surface area contributed by atoms with E-state index in [0.717, 1.165) is 19.5 Å². The summed E-state index contributed by atoms with van der Waals surface area (Å²) in [6.45, 7) is 10.6. The minimum absolute atomic E-state index is 0.170. The second-order valence-electron chi connectivity index (χ2n) is 4.69. The van der Waals surface area contributed by atoms with Crippen molar-refractivity contribution >= 4 is 5.91 Å². The second-order valence-corrected chi connectivity index (χ2v) is 4.69. The number of hydrogen-bond acceptors (Lipinski definition) is 2. The van der Waals surface area contributed by atoms with Crippen LogP contribution in [0.4, 0.5) is 0 Å². The molecule has 0 radical (unpaired) electrons. The predicted octanol–water partition coefficient (Wildman–Crippen LogP) is 1.39. The third-order valence-corrected chi connectivity index (χ3v) is 3.29. The van der Waals surface area contributed by atoms with Crippen molar-refractivity contribution < 1.29 is 4.79 Å². The van der Waals surface area contributed by atoms with E-state index in [0.29, 0.717) is 12.5 Å². The number of rotatable bonds is 4. The second kappa shape index (κ2) is 4.30. The van der Waals surface area contributed by atoms with Gasteiger partial charge >= 0.3 is 0 Å². The minimum Gasteiger partial charge on any atom is -0.351 e. The number of carbonyl (C=O) groups is 1. The number of amides is 1. The normalized spacial score (nSPS) is 19.1. The SMILES string of the molecule is CCC(=O)NC1CN(C(C)(C)CC)C1. The molecular weight excluding hydrogens is 176 g/mol. The monoisotopic (exact) mass is 198 g/mol. The molecule has 0 aromatic rings. The zero-order valence-corrected chi connectivity index (χ0v) is 9.76. The Labute approximate surface area is 86.9 Å². The summed E-state index contributed by atoms with van der Waals surface area (Å²) in [7, 11) is 0. The van der Waals surface area contributed by atoms with Crippen LogP contribution in [0.2, 0.25) is 0 Å². The molecule has 0 aromatic carbocycles. The molecule has 1 aliphatic heterocycles. The molecule has 1 aliphatic rings. The average Bonchev–Trinajstić information content (AvgIpc) is 2.09. The lowest BCUT2D eigenvalue weighted by molar-refractivity contribution is -0.123. The third-order valence-electron chi connectivity index (χ3n) is 3.29. The zero-order chi connectivity index (χ0) is 10.8. The lowest BCUT2D eigenvalue weighted by atomic mass is 9.93. The van der Waals surface area contributed by atoms with Gasteiger partial charge in [0.1, 0.15) is 0 Å². The van der Waals surface area contributed by atoms with Gasteiger partial charge < -0.3 is 5.32 Å². The highest BCUT2D eigenvalue weighted by Crippen LogP contribution is 2.24. The van der Waals surface area contributed by atoms with Gasteiger partial charge in [-0.1, -0.05) is 13.8 Å². The van der Waals surface area contributed by atoms with Crippen LogP contribution in [0.5, 0.6) is 0 Å². The molecule has 0 aliphatic carbocycles. The smallest absolute Gasteiger partial charge is 0.220 e. The van der Waals surface area contributed by atoms with Crippen molar-refractivity contribution in [3.63, 3.8) is 0 Å². The first-order valence-electron chi connectivity index (χ1n) is 5.54. The molecule has 0 unspecified atom stereocenters. The lowest BCUT2D eigenvalue weighted by Crippen LogP contribution is -2.65. The lowest BCUT2D eigenvalue weighted by Gasteiger charge is -2.49. The summed E-state index contributed by atoms with van der Waals surface area (Å²) in [5.74, 6) is 0.170. The molecule has 1 rings (SSSR count). The van der Waals surface area contributed by atoms with Gasteiger partial charge in [0.25, 0.3) is 0 Å². The minimum atomic E-state index is 0.170. The maximum absolute atomic E-state index is 11.1. The van der Waals surface area contributed by atoms with Crippen LogP contribution >= 0.6 is 0 Å². The molecule has 3 heteroatoms. The molecule has 0 bridgehead atoms. The molecule has 0 spiro atoms. The number of hydrogen-bond donors (Lipinski definition) is 1. The van der Waals surface area contributed by atoms with Crippen LogP contribution < -0.4 is 5.32 Å². The highest BCUT2D eigenvalue weighted by Gasteiger charge is 2.36. The van der Waals surface area contributed by atoms with Crippen LogP contribution in [0, 0.1) is 0 Å². The summed E-state index contributed by atoms with van der Waals surface area (Å²) in [6.07, 6.45) is 1.75. The van der Waals surface area contributed by atoms with E-state index in [1.165, 1.54) is 0 Å². The van der Waals surface area contributed by atoms with Crippen molar-refractivity contribution in [2.75, 3.05) is 13.1 Å². The van der Waals surface area contributed by atoms with Crippen molar-refractivity contribution in [3.8, 4) is 0 Å². The summed E-state index contributed by atoms with van der Waals surface area (Å²) in [5.41, 5.74) is 0.285. The van der Waals surface area contributed by atoms with Gasteiger partial charge in [0.05, 0.1) is 6.04 Å². The molecule has 1 amide bonds. The first-order chi connectivity index (χ1) is 6.49. The molecule has 0 atom stereocenters. The molecule has 1 saturated heterocycles. The van der Waals surface area contributed by atoms with Gasteiger partial charge in [0.2, 0.25) is 5.91 Å². The summed E-state index contributed by atoms with van der Waals surface area (Å²) in [5, 5.41) is 3.01. The molecule has 0 saturated carbocycles. The van der Waals surface area contributed by atoms with Crippen LogP contribution in [0.25, 0.3) is 0 Å². The van der Waals surface area contributed by atoms with Crippen LogP contribution in [0.1, 0.15) is 40.5 Å². The Bertz CT molecular complexity index is 207. The highest BCUT2D eigenvalue weighted by atomic mass is 16.1. The summed E-state index contributed by atoms with van der Waals surface area (Å²) >= 11 is 0. The van der Waals surface area contributed by atoms with Crippen molar-refractivity contribution in [2.24, 2.45) is 0 Å². The van der Waals surface area contributed by atoms with Crippen molar-refractivity contribution in [1.29, 1.82) is 0 Å². The summed E-state index contributed by atoms with van der Waals surface area (Å²) in [6, 6.07) is 0.383. The van der Waals surface area contributed by atoms with Gasteiger partial charge in [-0.25, -0.2) is 0 Å². The fourth-order valence-corrected chi connectivity index (χ4v) is 1.62. The first-order valence-corrected chi connectivity index (χ1v) is 5.54. The van der Waals surface area contributed by atoms with Gasteiger partial charge in [-0.05, 0) is 20.3 Å². The van der Waals surface area contributed by atoms with Gasteiger partial charge in [0, 0.05) is 25.0 Å². The number of nitrogens with zero attached hydrogens (tertiary/aromatic N) is 1. The Morgan fingerprint density at radius 2 is 2.00 bits per heavy atom. The fraction of sp³-hybridized carbons (Fsp3) is 0.909. The van der Waals surface area contributed by atoms with E-state index >= 15 is 0 Å². The topological polar surface area (TPSA) is 32.3 Å². The van der Waals surface area contributed by atoms with E-state index in [4.69, 9.17) is 0 Å². The summed E-state index contributed by atoms with van der Waals surface area (Å²) < 4.78 is 0. The number of carbonyl (C=O) groups excluding carboxylic acids is 1. The van der Waals surface area contributed by atoms with Crippen LogP contribution in [-0.2, 0) is 4.79 Å². The Morgan fingerprint density at radius 3 is 2.43 bits per heavy atom. The molecule has 14 heavy (non-hydrogen) atoms. The molecule has 0 aromatic heterocycles. The van der Waals surface area contributed by atoms with Gasteiger partial charge in [-0.3, -0.25) is 9.69 Å². The number of nitrogens with one attached hydrogen (secondary N) is 1. The maximum atomic E-state index is 11.1. The Hall–Kier alpha value is -0.570. The van der Waals surface area contributed by atoms with E-state index in [1.807, 2.05) is 6.92 Å². The largest absolute Gasteiger partial charge is 0.351 e. The summed E-state index contributed by atoms with van der Waals surface area (Å²) in [4.78, 5) is 13.5. The molecule has 1 N–H and O–H groups in total. The maximum Gasteiger partial charge on any atom is 0.220 e. The van der Waals surface area contributed by atoms with Gasteiger partial charge in [-0.15, -0.1) is 0 Å². The van der Waals surface area contributed by atoms with E-state index in [-0.39, 0.29) is 11.4 Å². The molecule has 1 fully saturated rings. The van der Waals surface area contributed by atoms with Gasteiger partial charge in [0.15, 0.2) is 0 Å². The zero-order valence-electron chi connectivity index (χ0n) is 9.76. The van der Waals surface area contributed by atoms with Crippen molar-refractivity contribution in [2.45, 2.75) is 52.1 Å². The van der Waals surface area contributed by atoms with Crippen LogP contribution in [-0.4, -0.2) is 35.5 Å². The standard InChI is InChI=1S/C11H22N2O/c1-5-10(14)12-9-7-13(8-9)11(3,4)6-2/h9H,5-8H2,1-4H3,(H,12,14). The van der Waals surface area contributed by atoms with E-state index in [1.54, 1.807) is 0 Å². The van der Waals surface area contributed by atoms with Crippen molar-refractivity contribution in [3.05, 3.63) is 0 Å². The Balaban J connectivity index is 2.27. The van der Waals surface area contributed by atoms with Crippen molar-refractivity contribution in [1.82, 2.24) is 10.2 Å². The van der Waals surface area contributed by atoms with E-state index in [9.17, 15) is 4.79 Å². The highest BCUT2D eigenvalue weighted by molar-refractivity contribution is 5.76. The van der Waals surface area contributed by atoms with E-state index in [2.05, 4.69) is 31.0 Å². The fourth-order valence-electron chi connectivity index (χ4n) is 1.62. The molecule has 1 heterocycles. The van der Waals surface area contributed by atoms with Gasteiger partial charge in [-0.2, -0.15) is 0 Å². The Morgan fingerprint density at radius 1 is 1.43 bits per heavy atom. The first kappa shape index (κ1) is 11.5. The van der Waals surface area contributed by atoms with Crippen LogP contribution in [0.3, 0.4) is 0 Å². The Kier molecular flexibility index (Phi) is 3.53. The quantitative estimate of drug-likeness (QED) is 0.740. The third kappa shape index (κ3) is 2.47. The predicted molar refractivity (Wildman–Crippen MR) is 58.2 cm³/mol. The molecule has 3 nitrogen and oxygen atoms in total. The molecular formula is C11H22N2O.